The van der Waals surface area contributed by atoms with Gasteiger partial charge in [0.1, 0.15) is 18.1 Å². The second-order valence-electron chi connectivity index (χ2n) is 6.11. The molecule has 4 rings (SSSR count). The number of fused-ring (bicyclic) bond motifs is 1. The predicted octanol–water partition coefficient (Wildman–Crippen LogP) is 6.84. The molecule has 3 aromatic carbocycles. The molecule has 0 amide bonds. The summed E-state index contributed by atoms with van der Waals surface area (Å²) >= 11 is 18.5. The van der Waals surface area contributed by atoms with Gasteiger partial charge in [0.15, 0.2) is 5.76 Å². The molecule has 0 atom stereocenters. The van der Waals surface area contributed by atoms with Crippen molar-refractivity contribution in [2.45, 2.75) is 6.61 Å². The number of hydrogen-bond donors (Lipinski definition) is 0. The van der Waals surface area contributed by atoms with Crippen LogP contribution in [0.3, 0.4) is 0 Å². The van der Waals surface area contributed by atoms with Crippen LogP contribution < -0.4 is 9.47 Å². The van der Waals surface area contributed by atoms with Gasteiger partial charge < -0.3 is 9.47 Å². The summed E-state index contributed by atoms with van der Waals surface area (Å²) in [5, 5.41) is 1.61. The average Bonchev–Trinajstić information content (AvgIpc) is 2.98. The summed E-state index contributed by atoms with van der Waals surface area (Å²) < 4.78 is 11.5. The summed E-state index contributed by atoms with van der Waals surface area (Å²) in [4.78, 5) is 12.6. The van der Waals surface area contributed by atoms with Gasteiger partial charge in [0.25, 0.3) is 0 Å². The Morgan fingerprint density at radius 1 is 0.893 bits per heavy atom. The van der Waals surface area contributed by atoms with Crippen LogP contribution in [0.2, 0.25) is 15.1 Å². The van der Waals surface area contributed by atoms with Gasteiger partial charge in [0.05, 0.1) is 5.56 Å². The van der Waals surface area contributed by atoms with E-state index in [-0.39, 0.29) is 18.1 Å². The average molecular weight is 432 g/mol. The molecule has 140 valence electrons. The zero-order valence-electron chi connectivity index (χ0n) is 14.4. The van der Waals surface area contributed by atoms with E-state index in [0.717, 1.165) is 0 Å². The Bertz CT molecular complexity index is 1090. The van der Waals surface area contributed by atoms with Crippen molar-refractivity contribution in [1.82, 2.24) is 0 Å². The lowest BCUT2D eigenvalue weighted by Crippen LogP contribution is -1.98. The number of rotatable bonds is 4. The second-order valence-corrected chi connectivity index (χ2v) is 7.33. The van der Waals surface area contributed by atoms with E-state index in [2.05, 4.69) is 0 Å². The van der Waals surface area contributed by atoms with Crippen molar-refractivity contribution in [3.63, 3.8) is 0 Å². The quantitative estimate of drug-likeness (QED) is 0.424. The largest absolute Gasteiger partial charge is 0.489 e. The number of benzene rings is 3. The minimum Gasteiger partial charge on any atom is -0.489 e. The van der Waals surface area contributed by atoms with Crippen LogP contribution in [-0.2, 0) is 6.61 Å². The Morgan fingerprint density at radius 3 is 2.36 bits per heavy atom. The first kappa shape index (κ1) is 18.9. The number of carbonyl (C=O) groups excluding carboxylic acids is 1. The second kappa shape index (κ2) is 7.88. The molecule has 0 saturated carbocycles. The third kappa shape index (κ3) is 3.74. The standard InChI is InChI=1S/C22H13Cl3O3/c23-17-5-2-1-4-13(17)10-21-22(26)15-9-8-14(11-20(15)28-21)27-12-16-18(24)6-3-7-19(16)25/h1-11H,12H2. The fourth-order valence-electron chi connectivity index (χ4n) is 2.82. The van der Waals surface area contributed by atoms with Crippen LogP contribution in [0.5, 0.6) is 11.5 Å². The van der Waals surface area contributed by atoms with Crippen LogP contribution in [0.4, 0.5) is 0 Å². The van der Waals surface area contributed by atoms with Crippen LogP contribution in [0, 0.1) is 0 Å². The molecule has 1 heterocycles. The van der Waals surface area contributed by atoms with Crippen LogP contribution in [0.25, 0.3) is 6.08 Å². The van der Waals surface area contributed by atoms with Crippen LogP contribution in [-0.4, -0.2) is 5.78 Å². The maximum Gasteiger partial charge on any atom is 0.231 e. The highest BCUT2D eigenvalue weighted by Gasteiger charge is 2.28. The summed E-state index contributed by atoms with van der Waals surface area (Å²) in [6.07, 6.45) is 1.63. The highest BCUT2D eigenvalue weighted by atomic mass is 35.5. The monoisotopic (exact) mass is 430 g/mol. The van der Waals surface area contributed by atoms with E-state index in [4.69, 9.17) is 44.3 Å². The molecule has 0 bridgehead atoms. The molecule has 0 aromatic heterocycles. The van der Waals surface area contributed by atoms with E-state index in [1.54, 1.807) is 48.5 Å². The van der Waals surface area contributed by atoms with Crippen molar-refractivity contribution in [3.8, 4) is 11.5 Å². The van der Waals surface area contributed by atoms with Crippen LogP contribution >= 0.6 is 34.8 Å². The van der Waals surface area contributed by atoms with Crippen molar-refractivity contribution in [2.24, 2.45) is 0 Å². The highest BCUT2D eigenvalue weighted by molar-refractivity contribution is 6.36. The molecular formula is C22H13Cl3O3. The summed E-state index contributed by atoms with van der Waals surface area (Å²) in [5.74, 6) is 0.998. The van der Waals surface area contributed by atoms with Crippen LogP contribution in [0.15, 0.2) is 66.4 Å². The van der Waals surface area contributed by atoms with Gasteiger partial charge in [-0.05, 0) is 42.0 Å². The first-order chi connectivity index (χ1) is 13.5. The molecule has 1 aliphatic rings. The minimum atomic E-state index is -0.199. The first-order valence-electron chi connectivity index (χ1n) is 8.41. The first-order valence-corrected chi connectivity index (χ1v) is 9.55. The molecule has 6 heteroatoms. The predicted molar refractivity (Wildman–Crippen MR) is 112 cm³/mol. The lowest BCUT2D eigenvalue weighted by atomic mass is 10.1. The van der Waals surface area contributed by atoms with E-state index in [0.29, 0.717) is 43.3 Å². The summed E-state index contributed by atoms with van der Waals surface area (Å²) in [5.41, 5.74) is 1.88. The zero-order valence-corrected chi connectivity index (χ0v) is 16.7. The smallest absolute Gasteiger partial charge is 0.231 e. The van der Waals surface area contributed by atoms with Gasteiger partial charge in [-0.1, -0.05) is 59.1 Å². The van der Waals surface area contributed by atoms with Crippen molar-refractivity contribution < 1.29 is 14.3 Å². The Labute approximate surface area is 177 Å². The molecular weight excluding hydrogens is 419 g/mol. The number of allylic oxidation sites excluding steroid dienone is 1. The Balaban J connectivity index is 1.55. The van der Waals surface area contributed by atoms with Gasteiger partial charge in [-0.15, -0.1) is 0 Å². The molecule has 0 unspecified atom stereocenters. The van der Waals surface area contributed by atoms with Gasteiger partial charge in [-0.3, -0.25) is 4.79 Å². The SMILES string of the molecule is O=C1C(=Cc2ccccc2Cl)Oc2cc(OCc3c(Cl)cccc3Cl)ccc21. The fraction of sp³-hybridized carbons (Fsp3) is 0.0455. The van der Waals surface area contributed by atoms with Gasteiger partial charge in [-0.2, -0.15) is 0 Å². The molecule has 0 fully saturated rings. The Morgan fingerprint density at radius 2 is 1.61 bits per heavy atom. The molecule has 0 radical (unpaired) electrons. The lowest BCUT2D eigenvalue weighted by Gasteiger charge is -2.10. The van der Waals surface area contributed by atoms with Gasteiger partial charge in [0.2, 0.25) is 5.78 Å². The molecule has 0 spiro atoms. The lowest BCUT2D eigenvalue weighted by molar-refractivity contribution is 0.101. The molecule has 0 aliphatic carbocycles. The van der Waals surface area contributed by atoms with Crippen LogP contribution in [0.1, 0.15) is 21.5 Å². The van der Waals surface area contributed by atoms with E-state index < -0.39 is 0 Å². The molecule has 3 aromatic rings. The molecule has 0 saturated heterocycles. The Hall–Kier alpha value is -2.46. The van der Waals surface area contributed by atoms with Crippen molar-refractivity contribution in [1.29, 1.82) is 0 Å². The fourth-order valence-corrected chi connectivity index (χ4v) is 3.51. The number of ketones is 1. The number of hydrogen-bond acceptors (Lipinski definition) is 3. The molecule has 0 N–H and O–H groups in total. The summed E-state index contributed by atoms with van der Waals surface area (Å²) in [6.45, 7) is 0.202. The molecule has 28 heavy (non-hydrogen) atoms. The van der Waals surface area contributed by atoms with Crippen molar-refractivity contribution in [3.05, 3.63) is 98.2 Å². The minimum absolute atomic E-state index is 0.199. The Kier molecular flexibility index (Phi) is 5.31. The number of ether oxygens (including phenoxy) is 2. The van der Waals surface area contributed by atoms with Crippen molar-refractivity contribution in [2.75, 3.05) is 0 Å². The molecule has 3 nitrogen and oxygen atoms in total. The maximum atomic E-state index is 12.6. The topological polar surface area (TPSA) is 35.5 Å². The molecule has 1 aliphatic heterocycles. The van der Waals surface area contributed by atoms with E-state index in [1.165, 1.54) is 0 Å². The van der Waals surface area contributed by atoms with E-state index in [1.807, 2.05) is 18.2 Å². The van der Waals surface area contributed by atoms with Gasteiger partial charge >= 0.3 is 0 Å². The third-order valence-corrected chi connectivity index (χ3v) is 5.33. The number of Topliss-reactive ketones (excluding diaryl/α,β-unsaturated/α-hetero) is 1. The van der Waals surface area contributed by atoms with E-state index >= 15 is 0 Å². The van der Waals surface area contributed by atoms with E-state index in [9.17, 15) is 4.79 Å². The summed E-state index contributed by atoms with van der Waals surface area (Å²) in [6, 6.07) is 17.6. The van der Waals surface area contributed by atoms with Crippen molar-refractivity contribution >= 4 is 46.7 Å². The zero-order chi connectivity index (χ0) is 19.7. The normalized spacial score (nSPS) is 14.1. The highest BCUT2D eigenvalue weighted by Crippen LogP contribution is 2.36. The number of carbonyl (C=O) groups is 1. The summed E-state index contributed by atoms with van der Waals surface area (Å²) in [7, 11) is 0. The number of halogens is 3. The maximum absolute atomic E-state index is 12.6. The van der Waals surface area contributed by atoms with Gasteiger partial charge in [0, 0.05) is 26.7 Å². The van der Waals surface area contributed by atoms with Gasteiger partial charge in [-0.25, -0.2) is 0 Å². The third-order valence-electron chi connectivity index (χ3n) is 4.28.